The van der Waals surface area contributed by atoms with Crippen LogP contribution in [0.25, 0.3) is 11.5 Å². The Kier molecular flexibility index (Phi) is 2.66. The molecule has 0 unspecified atom stereocenters. The Morgan fingerprint density at radius 2 is 2.00 bits per heavy atom. The van der Waals surface area contributed by atoms with Gasteiger partial charge in [-0.05, 0) is 26.0 Å². The van der Waals surface area contributed by atoms with E-state index in [0.29, 0.717) is 0 Å². The summed E-state index contributed by atoms with van der Waals surface area (Å²) in [5.74, 6) is -1.17. The maximum Gasteiger partial charge on any atom is 0.260 e. The van der Waals surface area contributed by atoms with Crippen molar-refractivity contribution in [1.29, 1.82) is 0 Å². The van der Waals surface area contributed by atoms with Crippen molar-refractivity contribution in [3.05, 3.63) is 35.7 Å². The van der Waals surface area contributed by atoms with Crippen LogP contribution in [-0.2, 0) is 5.54 Å². The third-order valence-electron chi connectivity index (χ3n) is 2.16. The summed E-state index contributed by atoms with van der Waals surface area (Å²) in [6, 6.07) is 3.12. The lowest BCUT2D eigenvalue weighted by Gasteiger charge is -2.11. The predicted molar refractivity (Wildman–Crippen MR) is 56.9 cm³/mol. The van der Waals surface area contributed by atoms with Crippen molar-refractivity contribution in [2.24, 2.45) is 5.73 Å². The summed E-state index contributed by atoms with van der Waals surface area (Å²) in [6.45, 7) is 3.39. The SMILES string of the molecule is CC(C)(N)c1noc(-c2ccc(F)cc2F)n1. The van der Waals surface area contributed by atoms with E-state index >= 15 is 0 Å². The second-order valence-corrected chi connectivity index (χ2v) is 4.27. The van der Waals surface area contributed by atoms with Gasteiger partial charge in [-0.25, -0.2) is 8.78 Å². The first-order valence-electron chi connectivity index (χ1n) is 4.96. The Bertz CT molecular complexity index is 546. The number of benzene rings is 1. The van der Waals surface area contributed by atoms with Crippen LogP contribution in [-0.4, -0.2) is 10.1 Å². The van der Waals surface area contributed by atoms with Crippen LogP contribution in [0.1, 0.15) is 19.7 Å². The van der Waals surface area contributed by atoms with E-state index in [1.165, 1.54) is 6.07 Å². The first kappa shape index (κ1) is 11.7. The molecular weight excluding hydrogens is 228 g/mol. The number of nitrogens with two attached hydrogens (primary N) is 1. The number of rotatable bonds is 2. The molecule has 1 heterocycles. The molecule has 1 aromatic heterocycles. The molecule has 0 atom stereocenters. The molecule has 0 spiro atoms. The van der Waals surface area contributed by atoms with E-state index in [1.54, 1.807) is 13.8 Å². The fraction of sp³-hybridized carbons (Fsp3) is 0.273. The zero-order valence-corrected chi connectivity index (χ0v) is 9.37. The molecule has 0 amide bonds. The minimum Gasteiger partial charge on any atom is -0.334 e. The summed E-state index contributed by atoms with van der Waals surface area (Å²) in [5.41, 5.74) is 5.04. The third-order valence-corrected chi connectivity index (χ3v) is 2.16. The quantitative estimate of drug-likeness (QED) is 0.872. The molecule has 2 aromatic rings. The van der Waals surface area contributed by atoms with E-state index in [2.05, 4.69) is 10.1 Å². The number of hydrogen-bond acceptors (Lipinski definition) is 4. The second-order valence-electron chi connectivity index (χ2n) is 4.27. The molecule has 4 nitrogen and oxygen atoms in total. The smallest absolute Gasteiger partial charge is 0.260 e. The highest BCUT2D eigenvalue weighted by Crippen LogP contribution is 2.23. The van der Waals surface area contributed by atoms with Crippen LogP contribution in [0.2, 0.25) is 0 Å². The average Bonchev–Trinajstić information content (AvgIpc) is 2.65. The number of aromatic nitrogens is 2. The molecule has 0 aliphatic heterocycles. The summed E-state index contributed by atoms with van der Waals surface area (Å²) in [4.78, 5) is 3.98. The highest BCUT2D eigenvalue weighted by Gasteiger charge is 2.23. The molecule has 17 heavy (non-hydrogen) atoms. The highest BCUT2D eigenvalue weighted by molar-refractivity contribution is 5.53. The van der Waals surface area contributed by atoms with Crippen LogP contribution in [0.5, 0.6) is 0 Å². The Hall–Kier alpha value is -1.82. The first-order chi connectivity index (χ1) is 7.88. The zero-order valence-electron chi connectivity index (χ0n) is 9.37. The highest BCUT2D eigenvalue weighted by atomic mass is 19.1. The van der Waals surface area contributed by atoms with Gasteiger partial charge in [-0.15, -0.1) is 0 Å². The second kappa shape index (κ2) is 3.89. The van der Waals surface area contributed by atoms with Gasteiger partial charge in [0.2, 0.25) is 0 Å². The first-order valence-corrected chi connectivity index (χ1v) is 4.96. The lowest BCUT2D eigenvalue weighted by molar-refractivity contribution is 0.395. The van der Waals surface area contributed by atoms with Gasteiger partial charge >= 0.3 is 0 Å². The van der Waals surface area contributed by atoms with Gasteiger partial charge in [0.05, 0.1) is 11.1 Å². The van der Waals surface area contributed by atoms with E-state index in [-0.39, 0.29) is 17.3 Å². The number of hydrogen-bond donors (Lipinski definition) is 1. The molecule has 90 valence electrons. The van der Waals surface area contributed by atoms with Gasteiger partial charge in [-0.1, -0.05) is 5.16 Å². The predicted octanol–water partition coefficient (Wildman–Crippen LogP) is 2.21. The minimum atomic E-state index is -0.780. The van der Waals surface area contributed by atoms with E-state index in [4.69, 9.17) is 10.3 Å². The molecule has 0 fully saturated rings. The fourth-order valence-corrected chi connectivity index (χ4v) is 1.26. The van der Waals surface area contributed by atoms with Crippen LogP contribution in [0, 0.1) is 11.6 Å². The molecule has 0 radical (unpaired) electrons. The molecule has 2 N–H and O–H groups in total. The van der Waals surface area contributed by atoms with Crippen LogP contribution in [0.4, 0.5) is 8.78 Å². The molecule has 0 aliphatic carbocycles. The largest absolute Gasteiger partial charge is 0.334 e. The lowest BCUT2D eigenvalue weighted by atomic mass is 10.1. The van der Waals surface area contributed by atoms with E-state index in [1.807, 2.05) is 0 Å². The molecule has 0 aliphatic rings. The molecular formula is C11H11F2N3O. The van der Waals surface area contributed by atoms with Crippen molar-refractivity contribution in [3.63, 3.8) is 0 Å². The van der Waals surface area contributed by atoms with Crippen LogP contribution >= 0.6 is 0 Å². The van der Waals surface area contributed by atoms with E-state index in [9.17, 15) is 8.78 Å². The Balaban J connectivity index is 2.44. The lowest BCUT2D eigenvalue weighted by Crippen LogP contribution is -2.30. The zero-order chi connectivity index (χ0) is 12.6. The molecule has 0 saturated carbocycles. The van der Waals surface area contributed by atoms with Gasteiger partial charge in [-0.3, -0.25) is 0 Å². The van der Waals surface area contributed by atoms with Crippen LogP contribution in [0.15, 0.2) is 22.7 Å². The molecule has 0 saturated heterocycles. The summed E-state index contributed by atoms with van der Waals surface area (Å²) < 4.78 is 31.1. The van der Waals surface area contributed by atoms with Crippen molar-refractivity contribution in [3.8, 4) is 11.5 Å². The van der Waals surface area contributed by atoms with E-state index in [0.717, 1.165) is 12.1 Å². The molecule has 6 heteroatoms. The molecule has 2 rings (SSSR count). The minimum absolute atomic E-state index is 0.0176. The summed E-state index contributed by atoms with van der Waals surface area (Å²) in [6.07, 6.45) is 0. The van der Waals surface area contributed by atoms with Gasteiger partial charge in [0.15, 0.2) is 5.82 Å². The number of halogens is 2. The summed E-state index contributed by atoms with van der Waals surface area (Å²) in [7, 11) is 0. The maximum absolute atomic E-state index is 13.4. The topological polar surface area (TPSA) is 64.9 Å². The van der Waals surface area contributed by atoms with Crippen molar-refractivity contribution in [2.75, 3.05) is 0 Å². The average molecular weight is 239 g/mol. The van der Waals surface area contributed by atoms with E-state index < -0.39 is 17.2 Å². The Morgan fingerprint density at radius 3 is 2.53 bits per heavy atom. The Morgan fingerprint density at radius 1 is 1.29 bits per heavy atom. The summed E-state index contributed by atoms with van der Waals surface area (Å²) >= 11 is 0. The summed E-state index contributed by atoms with van der Waals surface area (Å²) in [5, 5.41) is 3.66. The van der Waals surface area contributed by atoms with Gasteiger partial charge in [0.25, 0.3) is 5.89 Å². The molecule has 0 bridgehead atoms. The Labute approximate surface area is 96.4 Å². The maximum atomic E-state index is 13.4. The van der Waals surface area contributed by atoms with Crippen LogP contribution in [0.3, 0.4) is 0 Å². The van der Waals surface area contributed by atoms with Crippen molar-refractivity contribution < 1.29 is 13.3 Å². The fourth-order valence-electron chi connectivity index (χ4n) is 1.26. The number of nitrogens with zero attached hydrogens (tertiary/aromatic N) is 2. The van der Waals surface area contributed by atoms with Crippen molar-refractivity contribution in [1.82, 2.24) is 10.1 Å². The van der Waals surface area contributed by atoms with Crippen molar-refractivity contribution >= 4 is 0 Å². The van der Waals surface area contributed by atoms with Gasteiger partial charge in [0, 0.05) is 6.07 Å². The van der Waals surface area contributed by atoms with Gasteiger partial charge in [0.1, 0.15) is 11.6 Å². The standard InChI is InChI=1S/C11H11F2N3O/c1-11(2,14)10-15-9(17-16-10)7-4-3-6(12)5-8(7)13/h3-5H,14H2,1-2H3. The monoisotopic (exact) mass is 239 g/mol. The third kappa shape index (κ3) is 2.31. The normalized spacial score (nSPS) is 11.8. The molecule has 1 aromatic carbocycles. The van der Waals surface area contributed by atoms with Gasteiger partial charge in [-0.2, -0.15) is 4.98 Å². The van der Waals surface area contributed by atoms with Gasteiger partial charge < -0.3 is 10.3 Å². The van der Waals surface area contributed by atoms with Crippen molar-refractivity contribution in [2.45, 2.75) is 19.4 Å². The van der Waals surface area contributed by atoms with Crippen LogP contribution < -0.4 is 5.73 Å².